The summed E-state index contributed by atoms with van der Waals surface area (Å²) in [5, 5.41) is 3.46. The van der Waals surface area contributed by atoms with E-state index in [9.17, 15) is 0 Å². The number of hydrogen-bond acceptors (Lipinski definition) is 2. The molecule has 0 amide bonds. The molecule has 0 radical (unpaired) electrons. The molecule has 0 spiro atoms. The Kier molecular flexibility index (Phi) is 5.83. The highest BCUT2D eigenvalue weighted by Gasteiger charge is 2.14. The highest BCUT2D eigenvalue weighted by Crippen LogP contribution is 2.15. The third kappa shape index (κ3) is 5.19. The van der Waals surface area contributed by atoms with Gasteiger partial charge in [0.15, 0.2) is 0 Å². The molecule has 0 saturated carbocycles. The molecule has 0 aliphatic heterocycles. The van der Waals surface area contributed by atoms with Gasteiger partial charge in [-0.3, -0.25) is 0 Å². The number of rotatable bonds is 7. The van der Waals surface area contributed by atoms with Crippen molar-refractivity contribution in [2.75, 3.05) is 13.7 Å². The Morgan fingerprint density at radius 3 is 2.28 bits per heavy atom. The van der Waals surface area contributed by atoms with E-state index in [-0.39, 0.29) is 5.60 Å². The SMILES string of the molecule is COC(C)(C)CCNCc1ccc(C(C)C)cc1. The van der Waals surface area contributed by atoms with Crippen molar-refractivity contribution in [3.8, 4) is 0 Å². The van der Waals surface area contributed by atoms with Crippen LogP contribution in [0, 0.1) is 0 Å². The van der Waals surface area contributed by atoms with Gasteiger partial charge in [0.1, 0.15) is 0 Å². The summed E-state index contributed by atoms with van der Waals surface area (Å²) >= 11 is 0. The topological polar surface area (TPSA) is 21.3 Å². The second-order valence-corrected chi connectivity index (χ2v) is 5.79. The fraction of sp³-hybridized carbons (Fsp3) is 0.625. The van der Waals surface area contributed by atoms with Crippen molar-refractivity contribution in [1.29, 1.82) is 0 Å². The average Bonchev–Trinajstić information content (AvgIpc) is 2.35. The van der Waals surface area contributed by atoms with Gasteiger partial charge in [-0.15, -0.1) is 0 Å². The lowest BCUT2D eigenvalue weighted by molar-refractivity contribution is 0.0158. The van der Waals surface area contributed by atoms with Crippen LogP contribution in [0.3, 0.4) is 0 Å². The second kappa shape index (κ2) is 6.91. The van der Waals surface area contributed by atoms with Gasteiger partial charge in [-0.25, -0.2) is 0 Å². The molecular formula is C16H27NO. The predicted molar refractivity (Wildman–Crippen MR) is 77.9 cm³/mol. The molecule has 0 bridgehead atoms. The summed E-state index contributed by atoms with van der Waals surface area (Å²) in [5.74, 6) is 0.606. The molecule has 0 fully saturated rings. The first-order chi connectivity index (χ1) is 8.44. The van der Waals surface area contributed by atoms with Gasteiger partial charge in [0.25, 0.3) is 0 Å². The summed E-state index contributed by atoms with van der Waals surface area (Å²) in [6.45, 7) is 10.6. The molecule has 1 rings (SSSR count). The van der Waals surface area contributed by atoms with Crippen molar-refractivity contribution in [3.63, 3.8) is 0 Å². The highest BCUT2D eigenvalue weighted by molar-refractivity contribution is 5.24. The lowest BCUT2D eigenvalue weighted by Gasteiger charge is -2.22. The minimum atomic E-state index is -0.0332. The molecule has 1 aromatic rings. The maximum absolute atomic E-state index is 5.39. The molecule has 0 unspecified atom stereocenters. The Hall–Kier alpha value is -0.860. The monoisotopic (exact) mass is 249 g/mol. The second-order valence-electron chi connectivity index (χ2n) is 5.79. The van der Waals surface area contributed by atoms with E-state index < -0.39 is 0 Å². The quantitative estimate of drug-likeness (QED) is 0.744. The molecule has 0 aliphatic carbocycles. The average molecular weight is 249 g/mol. The van der Waals surface area contributed by atoms with Crippen molar-refractivity contribution in [1.82, 2.24) is 5.32 Å². The zero-order valence-corrected chi connectivity index (χ0v) is 12.4. The van der Waals surface area contributed by atoms with Crippen molar-refractivity contribution in [2.45, 2.75) is 52.2 Å². The summed E-state index contributed by atoms with van der Waals surface area (Å²) < 4.78 is 5.39. The van der Waals surface area contributed by atoms with Crippen LogP contribution in [-0.4, -0.2) is 19.3 Å². The van der Waals surface area contributed by atoms with Crippen LogP contribution in [0.25, 0.3) is 0 Å². The molecule has 2 nitrogen and oxygen atoms in total. The van der Waals surface area contributed by atoms with Crippen molar-refractivity contribution in [3.05, 3.63) is 35.4 Å². The van der Waals surface area contributed by atoms with Gasteiger partial charge in [-0.1, -0.05) is 38.1 Å². The van der Waals surface area contributed by atoms with Crippen LogP contribution in [-0.2, 0) is 11.3 Å². The number of benzene rings is 1. The van der Waals surface area contributed by atoms with E-state index in [1.54, 1.807) is 7.11 Å². The number of methoxy groups -OCH3 is 1. The maximum Gasteiger partial charge on any atom is 0.0634 e. The van der Waals surface area contributed by atoms with Gasteiger partial charge >= 0.3 is 0 Å². The molecule has 18 heavy (non-hydrogen) atoms. The van der Waals surface area contributed by atoms with Gasteiger partial charge in [-0.2, -0.15) is 0 Å². The first-order valence-electron chi connectivity index (χ1n) is 6.79. The highest BCUT2D eigenvalue weighted by atomic mass is 16.5. The number of nitrogens with one attached hydrogen (secondary N) is 1. The Morgan fingerprint density at radius 1 is 1.17 bits per heavy atom. The molecule has 0 heterocycles. The van der Waals surface area contributed by atoms with Gasteiger partial charge in [0.05, 0.1) is 5.60 Å². The summed E-state index contributed by atoms with van der Waals surface area (Å²) in [7, 11) is 1.77. The lowest BCUT2D eigenvalue weighted by Crippen LogP contribution is -2.28. The Morgan fingerprint density at radius 2 is 1.78 bits per heavy atom. The minimum absolute atomic E-state index is 0.0332. The molecule has 0 aliphatic rings. The molecule has 102 valence electrons. The van der Waals surface area contributed by atoms with Gasteiger partial charge in [0.2, 0.25) is 0 Å². The molecule has 1 N–H and O–H groups in total. The summed E-state index contributed by atoms with van der Waals surface area (Å²) in [4.78, 5) is 0. The van der Waals surface area contributed by atoms with E-state index in [1.165, 1.54) is 11.1 Å². The normalized spacial score (nSPS) is 12.1. The van der Waals surface area contributed by atoms with E-state index in [1.807, 2.05) is 0 Å². The Balaban J connectivity index is 2.32. The largest absolute Gasteiger partial charge is 0.379 e. The van der Waals surface area contributed by atoms with E-state index in [4.69, 9.17) is 4.74 Å². The van der Waals surface area contributed by atoms with E-state index >= 15 is 0 Å². The summed E-state index contributed by atoms with van der Waals surface area (Å²) in [6, 6.07) is 8.87. The van der Waals surface area contributed by atoms with E-state index in [2.05, 4.69) is 57.3 Å². The van der Waals surface area contributed by atoms with Crippen LogP contribution in [0.2, 0.25) is 0 Å². The van der Waals surface area contributed by atoms with Crippen LogP contribution in [0.1, 0.15) is 51.2 Å². The molecule has 0 atom stereocenters. The third-order valence-corrected chi connectivity index (χ3v) is 3.43. The summed E-state index contributed by atoms with van der Waals surface area (Å²) in [6.07, 6.45) is 1.02. The third-order valence-electron chi connectivity index (χ3n) is 3.43. The van der Waals surface area contributed by atoms with E-state index in [0.717, 1.165) is 19.5 Å². The fourth-order valence-electron chi connectivity index (χ4n) is 1.74. The van der Waals surface area contributed by atoms with Crippen LogP contribution in [0.5, 0.6) is 0 Å². The van der Waals surface area contributed by atoms with Crippen molar-refractivity contribution < 1.29 is 4.74 Å². The van der Waals surface area contributed by atoms with Crippen LogP contribution < -0.4 is 5.32 Å². The fourth-order valence-corrected chi connectivity index (χ4v) is 1.74. The van der Waals surface area contributed by atoms with Crippen LogP contribution >= 0.6 is 0 Å². The molecular weight excluding hydrogens is 222 g/mol. The van der Waals surface area contributed by atoms with Crippen molar-refractivity contribution >= 4 is 0 Å². The number of hydrogen-bond donors (Lipinski definition) is 1. The van der Waals surface area contributed by atoms with Gasteiger partial charge in [0, 0.05) is 13.7 Å². The molecule has 0 saturated heterocycles. The molecule has 1 aromatic carbocycles. The summed E-state index contributed by atoms with van der Waals surface area (Å²) in [5.41, 5.74) is 2.71. The van der Waals surface area contributed by atoms with Gasteiger partial charge < -0.3 is 10.1 Å². The number of ether oxygens (including phenoxy) is 1. The maximum atomic E-state index is 5.39. The van der Waals surface area contributed by atoms with Crippen molar-refractivity contribution in [2.24, 2.45) is 0 Å². The zero-order chi connectivity index (χ0) is 13.6. The first kappa shape index (κ1) is 15.2. The van der Waals surface area contributed by atoms with Crippen LogP contribution in [0.15, 0.2) is 24.3 Å². The van der Waals surface area contributed by atoms with E-state index in [0.29, 0.717) is 5.92 Å². The van der Waals surface area contributed by atoms with Crippen LogP contribution in [0.4, 0.5) is 0 Å². The smallest absolute Gasteiger partial charge is 0.0634 e. The lowest BCUT2D eigenvalue weighted by atomic mass is 10.0. The Labute approximate surface area is 112 Å². The predicted octanol–water partition coefficient (Wildman–Crippen LogP) is 3.71. The minimum Gasteiger partial charge on any atom is -0.379 e. The Bertz CT molecular complexity index is 341. The zero-order valence-electron chi connectivity index (χ0n) is 12.4. The molecule has 2 heteroatoms. The first-order valence-corrected chi connectivity index (χ1v) is 6.79. The molecule has 0 aromatic heterocycles. The van der Waals surface area contributed by atoms with Gasteiger partial charge in [-0.05, 0) is 43.9 Å². The standard InChI is InChI=1S/C16H27NO/c1-13(2)15-8-6-14(7-9-15)12-17-11-10-16(3,4)18-5/h6-9,13,17H,10-12H2,1-5H3.